The fraction of sp³-hybridized carbons (Fsp3) is 0.167. The lowest BCUT2D eigenvalue weighted by molar-refractivity contribution is -0.132. The highest BCUT2D eigenvalue weighted by Crippen LogP contribution is 2.24. The highest BCUT2D eigenvalue weighted by atomic mass is 35.5. The van der Waals surface area contributed by atoms with Gasteiger partial charge in [-0.15, -0.1) is 0 Å². The third-order valence-electron chi connectivity index (χ3n) is 3.59. The third kappa shape index (κ3) is 5.90. The minimum atomic E-state index is -1.04. The molecule has 0 aliphatic heterocycles. The second kappa shape index (κ2) is 9.48. The van der Waals surface area contributed by atoms with Crippen LogP contribution in [0.25, 0.3) is 0 Å². The molecule has 0 aliphatic rings. The fourth-order valence-electron chi connectivity index (χ4n) is 2.14. The number of nitrogens with one attached hydrogen (secondary N) is 2. The molecule has 0 atom stereocenters. The summed E-state index contributed by atoms with van der Waals surface area (Å²) in [5.41, 5.74) is 0.00884. The number of carbonyl (C=O) groups is 3. The number of rotatable bonds is 6. The van der Waals surface area contributed by atoms with Crippen LogP contribution in [0.15, 0.2) is 36.4 Å². The van der Waals surface area contributed by atoms with Crippen LogP contribution in [-0.2, 0) is 9.59 Å². The molecule has 0 unspecified atom stereocenters. The molecular formula is C18H15Cl2F2N3O3. The zero-order valence-corrected chi connectivity index (χ0v) is 16.1. The second-order valence-electron chi connectivity index (χ2n) is 5.73. The minimum absolute atomic E-state index is 0.264. The maximum atomic E-state index is 13.5. The summed E-state index contributed by atoms with van der Waals surface area (Å²) in [6.45, 7) is -0.758. The van der Waals surface area contributed by atoms with Crippen molar-refractivity contribution in [2.45, 2.75) is 0 Å². The monoisotopic (exact) mass is 429 g/mol. The first-order valence-electron chi connectivity index (χ1n) is 7.89. The molecule has 2 aromatic carbocycles. The molecule has 0 saturated heterocycles. The number of anilines is 1. The summed E-state index contributed by atoms with van der Waals surface area (Å²) in [6.07, 6.45) is 0. The molecule has 0 fully saturated rings. The van der Waals surface area contributed by atoms with Crippen LogP contribution in [0.3, 0.4) is 0 Å². The molecule has 0 spiro atoms. The van der Waals surface area contributed by atoms with Crippen molar-refractivity contribution in [1.29, 1.82) is 0 Å². The van der Waals surface area contributed by atoms with Crippen molar-refractivity contribution in [3.8, 4) is 0 Å². The van der Waals surface area contributed by atoms with E-state index in [-0.39, 0.29) is 11.6 Å². The molecule has 0 aromatic heterocycles. The Labute approximate surface area is 169 Å². The Morgan fingerprint density at radius 3 is 2.39 bits per heavy atom. The fourth-order valence-corrected chi connectivity index (χ4v) is 2.44. The summed E-state index contributed by atoms with van der Waals surface area (Å²) in [4.78, 5) is 37.0. The quantitative estimate of drug-likeness (QED) is 0.740. The number of halogens is 4. The smallest absolute Gasteiger partial charge is 0.254 e. The molecule has 0 radical (unpaired) electrons. The van der Waals surface area contributed by atoms with Gasteiger partial charge in [0.2, 0.25) is 11.8 Å². The SMILES string of the molecule is CN(CC(=O)Nc1ccc(Cl)c(Cl)c1)C(=O)CNC(=O)c1ccc(F)cc1F. The first-order chi connectivity index (χ1) is 13.2. The Morgan fingerprint density at radius 1 is 1.04 bits per heavy atom. The molecule has 28 heavy (non-hydrogen) atoms. The Balaban J connectivity index is 1.85. The summed E-state index contributed by atoms with van der Waals surface area (Å²) in [6, 6.07) is 6.99. The average molecular weight is 430 g/mol. The van der Waals surface area contributed by atoms with Crippen molar-refractivity contribution in [3.05, 3.63) is 63.6 Å². The number of nitrogens with zero attached hydrogens (tertiary/aromatic N) is 1. The van der Waals surface area contributed by atoms with Crippen molar-refractivity contribution < 1.29 is 23.2 Å². The molecule has 10 heteroatoms. The van der Waals surface area contributed by atoms with Gasteiger partial charge in [0.15, 0.2) is 0 Å². The molecule has 148 valence electrons. The first-order valence-corrected chi connectivity index (χ1v) is 8.65. The average Bonchev–Trinajstić information content (AvgIpc) is 2.62. The van der Waals surface area contributed by atoms with Gasteiger partial charge in [-0.25, -0.2) is 8.78 Å². The van der Waals surface area contributed by atoms with E-state index in [1.165, 1.54) is 19.2 Å². The van der Waals surface area contributed by atoms with E-state index in [1.807, 2.05) is 0 Å². The van der Waals surface area contributed by atoms with Crippen molar-refractivity contribution in [2.75, 3.05) is 25.5 Å². The van der Waals surface area contributed by atoms with Crippen LogP contribution < -0.4 is 10.6 Å². The summed E-state index contributed by atoms with van der Waals surface area (Å²) >= 11 is 11.7. The number of hydrogen-bond acceptors (Lipinski definition) is 3. The van der Waals surface area contributed by atoms with Crippen LogP contribution in [0.4, 0.5) is 14.5 Å². The van der Waals surface area contributed by atoms with Crippen molar-refractivity contribution in [3.63, 3.8) is 0 Å². The van der Waals surface area contributed by atoms with Crippen LogP contribution in [0.1, 0.15) is 10.4 Å². The van der Waals surface area contributed by atoms with E-state index in [4.69, 9.17) is 23.2 Å². The van der Waals surface area contributed by atoms with Crippen LogP contribution in [0, 0.1) is 11.6 Å². The lowest BCUT2D eigenvalue weighted by atomic mass is 10.2. The zero-order chi connectivity index (χ0) is 20.8. The summed E-state index contributed by atoms with van der Waals surface area (Å²) < 4.78 is 26.4. The van der Waals surface area contributed by atoms with Gasteiger partial charge in [-0.3, -0.25) is 14.4 Å². The van der Waals surface area contributed by atoms with Crippen molar-refractivity contribution in [2.24, 2.45) is 0 Å². The number of amides is 3. The molecule has 0 heterocycles. The second-order valence-corrected chi connectivity index (χ2v) is 6.55. The van der Waals surface area contributed by atoms with Gasteiger partial charge >= 0.3 is 0 Å². The van der Waals surface area contributed by atoms with Crippen LogP contribution in [0.2, 0.25) is 10.0 Å². The molecule has 0 aliphatic carbocycles. The number of likely N-dealkylation sites (N-methyl/N-ethyl adjacent to an activating group) is 1. The van der Waals surface area contributed by atoms with E-state index >= 15 is 0 Å². The third-order valence-corrected chi connectivity index (χ3v) is 4.32. The van der Waals surface area contributed by atoms with E-state index in [0.29, 0.717) is 16.8 Å². The topological polar surface area (TPSA) is 78.5 Å². The van der Waals surface area contributed by atoms with E-state index in [1.54, 1.807) is 6.07 Å². The number of benzene rings is 2. The zero-order valence-electron chi connectivity index (χ0n) is 14.6. The lowest BCUT2D eigenvalue weighted by Gasteiger charge is -2.17. The normalized spacial score (nSPS) is 10.3. The molecule has 2 aromatic rings. The predicted octanol–water partition coefficient (Wildman–Crippen LogP) is 3.10. The molecule has 2 N–H and O–H groups in total. The Bertz CT molecular complexity index is 925. The van der Waals surface area contributed by atoms with Crippen molar-refractivity contribution >= 4 is 46.6 Å². The van der Waals surface area contributed by atoms with Gasteiger partial charge in [0, 0.05) is 18.8 Å². The molecule has 3 amide bonds. The predicted molar refractivity (Wildman–Crippen MR) is 101 cm³/mol. The summed E-state index contributed by atoms with van der Waals surface area (Å²) in [7, 11) is 1.36. The molecule has 0 bridgehead atoms. The maximum Gasteiger partial charge on any atom is 0.254 e. The molecule has 0 saturated carbocycles. The molecule has 2 rings (SSSR count). The highest BCUT2D eigenvalue weighted by Gasteiger charge is 2.17. The van der Waals surface area contributed by atoms with Gasteiger partial charge in [-0.2, -0.15) is 0 Å². The van der Waals surface area contributed by atoms with Gasteiger partial charge in [0.05, 0.1) is 28.7 Å². The lowest BCUT2D eigenvalue weighted by Crippen LogP contribution is -2.41. The van der Waals surface area contributed by atoms with Gasteiger partial charge in [-0.05, 0) is 30.3 Å². The van der Waals surface area contributed by atoms with Gasteiger partial charge in [0.25, 0.3) is 5.91 Å². The van der Waals surface area contributed by atoms with E-state index in [9.17, 15) is 23.2 Å². The highest BCUT2D eigenvalue weighted by molar-refractivity contribution is 6.42. The van der Waals surface area contributed by atoms with Gasteiger partial charge in [0.1, 0.15) is 11.6 Å². The van der Waals surface area contributed by atoms with E-state index in [2.05, 4.69) is 10.6 Å². The first kappa shape index (κ1) is 21.6. The summed E-state index contributed by atoms with van der Waals surface area (Å²) in [5.74, 6) is -3.82. The van der Waals surface area contributed by atoms with Crippen LogP contribution in [-0.4, -0.2) is 42.8 Å². The Morgan fingerprint density at radius 2 is 1.75 bits per heavy atom. The van der Waals surface area contributed by atoms with Gasteiger partial charge in [-0.1, -0.05) is 23.2 Å². The maximum absolute atomic E-state index is 13.5. The van der Waals surface area contributed by atoms with Gasteiger partial charge < -0.3 is 15.5 Å². The molecular weight excluding hydrogens is 415 g/mol. The van der Waals surface area contributed by atoms with Crippen LogP contribution in [0.5, 0.6) is 0 Å². The number of carbonyl (C=O) groups excluding carboxylic acids is 3. The minimum Gasteiger partial charge on any atom is -0.343 e. The van der Waals surface area contributed by atoms with Crippen LogP contribution >= 0.6 is 23.2 Å². The van der Waals surface area contributed by atoms with E-state index < -0.39 is 41.5 Å². The summed E-state index contributed by atoms with van der Waals surface area (Å²) in [5, 5.41) is 5.37. The van der Waals surface area contributed by atoms with Crippen molar-refractivity contribution in [1.82, 2.24) is 10.2 Å². The largest absolute Gasteiger partial charge is 0.343 e. The Kier molecular flexibility index (Phi) is 7.31. The standard InChI is InChI=1S/C18H15Cl2F2N3O3/c1-25(9-16(26)24-11-3-5-13(19)14(20)7-11)17(27)8-23-18(28)12-4-2-10(21)6-15(12)22/h2-7H,8-9H2,1H3,(H,23,28)(H,24,26). The number of hydrogen-bond donors (Lipinski definition) is 2. The molecule has 6 nitrogen and oxygen atoms in total. The van der Waals surface area contributed by atoms with E-state index in [0.717, 1.165) is 17.0 Å². The Hall–Kier alpha value is -2.71.